The second-order valence-corrected chi connectivity index (χ2v) is 9.66. The Balaban J connectivity index is 1.61. The molecule has 1 fully saturated rings. The summed E-state index contributed by atoms with van der Waals surface area (Å²) in [7, 11) is -3.61. The van der Waals surface area contributed by atoms with Gasteiger partial charge in [0.25, 0.3) is 5.91 Å². The van der Waals surface area contributed by atoms with E-state index in [-0.39, 0.29) is 29.6 Å². The first-order valence-electron chi connectivity index (χ1n) is 9.18. The van der Waals surface area contributed by atoms with Crippen molar-refractivity contribution >= 4 is 37.5 Å². The SMILES string of the molecule is CC1CN(S(=O)(=O)c2ccc(NC(=O)COc3ccccc3Br)cc2)CC(C)O1. The average molecular weight is 483 g/mol. The lowest BCUT2D eigenvalue weighted by Gasteiger charge is -2.34. The molecule has 2 aromatic rings. The zero-order chi connectivity index (χ0) is 21.0. The second kappa shape index (κ2) is 9.25. The van der Waals surface area contributed by atoms with Gasteiger partial charge in [0, 0.05) is 18.8 Å². The molecule has 0 aromatic heterocycles. The molecular weight excluding hydrogens is 460 g/mol. The monoisotopic (exact) mass is 482 g/mol. The summed E-state index contributed by atoms with van der Waals surface area (Å²) < 4.78 is 39.0. The number of para-hydroxylation sites is 1. The van der Waals surface area contributed by atoms with Gasteiger partial charge in [-0.1, -0.05) is 12.1 Å². The fraction of sp³-hybridized carbons (Fsp3) is 0.350. The van der Waals surface area contributed by atoms with Gasteiger partial charge >= 0.3 is 0 Å². The quantitative estimate of drug-likeness (QED) is 0.682. The molecule has 1 saturated heterocycles. The van der Waals surface area contributed by atoms with Crippen molar-refractivity contribution < 1.29 is 22.7 Å². The Hall–Kier alpha value is -1.94. The van der Waals surface area contributed by atoms with Crippen LogP contribution in [0.4, 0.5) is 5.69 Å². The lowest BCUT2D eigenvalue weighted by molar-refractivity contribution is -0.118. The van der Waals surface area contributed by atoms with Gasteiger partial charge < -0.3 is 14.8 Å². The van der Waals surface area contributed by atoms with Crippen LogP contribution in [0.3, 0.4) is 0 Å². The summed E-state index contributed by atoms with van der Waals surface area (Å²) in [6, 6.07) is 13.4. The summed E-state index contributed by atoms with van der Waals surface area (Å²) in [5, 5.41) is 2.70. The topological polar surface area (TPSA) is 84.9 Å². The molecule has 7 nitrogen and oxygen atoms in total. The van der Waals surface area contributed by atoms with E-state index in [2.05, 4.69) is 21.2 Å². The number of morpholine rings is 1. The van der Waals surface area contributed by atoms with Gasteiger partial charge in [-0.05, 0) is 66.2 Å². The number of rotatable bonds is 6. The third-order valence-electron chi connectivity index (χ3n) is 4.36. The molecule has 1 aliphatic rings. The Labute approximate surface area is 179 Å². The molecule has 2 aromatic carbocycles. The Bertz CT molecular complexity index is 955. The van der Waals surface area contributed by atoms with Crippen LogP contribution in [0.1, 0.15) is 13.8 Å². The Kier molecular flexibility index (Phi) is 6.94. The summed E-state index contributed by atoms with van der Waals surface area (Å²) in [5.41, 5.74) is 0.494. The van der Waals surface area contributed by atoms with Gasteiger partial charge in [-0.15, -0.1) is 0 Å². The van der Waals surface area contributed by atoms with E-state index < -0.39 is 10.0 Å². The molecule has 9 heteroatoms. The standard InChI is InChI=1S/C20H23BrN2O5S/c1-14-11-23(12-15(2)28-14)29(25,26)17-9-7-16(8-10-17)22-20(24)13-27-19-6-4-3-5-18(19)21/h3-10,14-15H,11-13H2,1-2H3,(H,22,24). The summed E-state index contributed by atoms with van der Waals surface area (Å²) in [5.74, 6) is 0.227. The maximum Gasteiger partial charge on any atom is 0.262 e. The Morgan fingerprint density at radius 1 is 1.14 bits per heavy atom. The van der Waals surface area contributed by atoms with Gasteiger partial charge in [0.05, 0.1) is 21.6 Å². The second-order valence-electron chi connectivity index (χ2n) is 6.87. The first kappa shape index (κ1) is 21.8. The minimum Gasteiger partial charge on any atom is -0.483 e. The van der Waals surface area contributed by atoms with Crippen LogP contribution in [-0.2, 0) is 19.6 Å². The number of hydrogen-bond acceptors (Lipinski definition) is 5. The van der Waals surface area contributed by atoms with Crippen molar-refractivity contribution in [2.75, 3.05) is 25.0 Å². The molecule has 0 spiro atoms. The van der Waals surface area contributed by atoms with Crippen LogP contribution < -0.4 is 10.1 Å². The molecule has 1 heterocycles. The number of carbonyl (C=O) groups excluding carboxylic acids is 1. The molecule has 2 atom stereocenters. The first-order chi connectivity index (χ1) is 13.8. The molecule has 0 radical (unpaired) electrons. The highest BCUT2D eigenvalue weighted by molar-refractivity contribution is 9.10. The third kappa shape index (κ3) is 5.57. The first-order valence-corrected chi connectivity index (χ1v) is 11.4. The number of sulfonamides is 1. The maximum absolute atomic E-state index is 12.9. The summed E-state index contributed by atoms with van der Waals surface area (Å²) in [4.78, 5) is 12.3. The predicted octanol–water partition coefficient (Wildman–Crippen LogP) is 3.26. The number of carbonyl (C=O) groups is 1. The molecule has 1 amide bonds. The van der Waals surface area contributed by atoms with E-state index in [1.54, 1.807) is 18.2 Å². The van der Waals surface area contributed by atoms with Crippen LogP contribution in [0.25, 0.3) is 0 Å². The third-order valence-corrected chi connectivity index (χ3v) is 6.86. The lowest BCUT2D eigenvalue weighted by atomic mass is 10.3. The molecule has 3 rings (SSSR count). The van der Waals surface area contributed by atoms with Gasteiger partial charge in [-0.2, -0.15) is 4.31 Å². The van der Waals surface area contributed by atoms with E-state index >= 15 is 0 Å². The van der Waals surface area contributed by atoms with E-state index in [1.165, 1.54) is 16.4 Å². The van der Waals surface area contributed by atoms with E-state index in [0.717, 1.165) is 4.47 Å². The van der Waals surface area contributed by atoms with Crippen molar-refractivity contribution in [3.05, 3.63) is 53.0 Å². The number of amides is 1. The van der Waals surface area contributed by atoms with Gasteiger partial charge in [0.2, 0.25) is 10.0 Å². The maximum atomic E-state index is 12.9. The highest BCUT2D eigenvalue weighted by Gasteiger charge is 2.32. The number of benzene rings is 2. The molecule has 0 saturated carbocycles. The van der Waals surface area contributed by atoms with Gasteiger partial charge in [0.1, 0.15) is 5.75 Å². The minimum absolute atomic E-state index is 0.156. The summed E-state index contributed by atoms with van der Waals surface area (Å²) in [6.45, 7) is 4.18. The fourth-order valence-corrected chi connectivity index (χ4v) is 5.08. The van der Waals surface area contributed by atoms with E-state index in [9.17, 15) is 13.2 Å². The number of nitrogens with zero attached hydrogens (tertiary/aromatic N) is 1. The summed E-state index contributed by atoms with van der Waals surface area (Å²) >= 11 is 3.35. The van der Waals surface area contributed by atoms with Crippen molar-refractivity contribution in [2.45, 2.75) is 31.0 Å². The summed E-state index contributed by atoms with van der Waals surface area (Å²) in [6.07, 6.45) is -0.312. The van der Waals surface area contributed by atoms with E-state index in [4.69, 9.17) is 9.47 Å². The molecule has 1 aliphatic heterocycles. The lowest BCUT2D eigenvalue weighted by Crippen LogP contribution is -2.48. The average Bonchev–Trinajstić information content (AvgIpc) is 2.67. The number of nitrogens with one attached hydrogen (secondary N) is 1. The molecule has 156 valence electrons. The number of anilines is 1. The van der Waals surface area contributed by atoms with Gasteiger partial charge in [0.15, 0.2) is 6.61 Å². The normalized spacial score (nSPS) is 20.2. The van der Waals surface area contributed by atoms with E-state index in [0.29, 0.717) is 24.5 Å². The zero-order valence-electron chi connectivity index (χ0n) is 16.2. The Morgan fingerprint density at radius 3 is 2.38 bits per heavy atom. The van der Waals surface area contributed by atoms with Crippen LogP contribution in [0.5, 0.6) is 5.75 Å². The molecule has 2 unspecified atom stereocenters. The van der Waals surface area contributed by atoms with Gasteiger partial charge in [-0.3, -0.25) is 4.79 Å². The molecule has 0 aliphatic carbocycles. The zero-order valence-corrected chi connectivity index (χ0v) is 18.6. The number of ether oxygens (including phenoxy) is 2. The van der Waals surface area contributed by atoms with Gasteiger partial charge in [-0.25, -0.2) is 8.42 Å². The van der Waals surface area contributed by atoms with Crippen LogP contribution in [0.2, 0.25) is 0 Å². The minimum atomic E-state index is -3.61. The van der Waals surface area contributed by atoms with Crippen molar-refractivity contribution in [1.82, 2.24) is 4.31 Å². The van der Waals surface area contributed by atoms with Crippen molar-refractivity contribution in [3.63, 3.8) is 0 Å². The number of halogens is 1. The predicted molar refractivity (Wildman–Crippen MR) is 113 cm³/mol. The van der Waals surface area contributed by atoms with Crippen LogP contribution >= 0.6 is 15.9 Å². The van der Waals surface area contributed by atoms with Crippen molar-refractivity contribution in [1.29, 1.82) is 0 Å². The largest absolute Gasteiger partial charge is 0.483 e. The number of hydrogen-bond donors (Lipinski definition) is 1. The van der Waals surface area contributed by atoms with Crippen molar-refractivity contribution in [3.8, 4) is 5.75 Å². The Morgan fingerprint density at radius 2 is 1.76 bits per heavy atom. The molecule has 29 heavy (non-hydrogen) atoms. The highest BCUT2D eigenvalue weighted by atomic mass is 79.9. The van der Waals surface area contributed by atoms with Crippen LogP contribution in [-0.4, -0.2) is 50.5 Å². The van der Waals surface area contributed by atoms with E-state index in [1.807, 2.05) is 32.0 Å². The fourth-order valence-electron chi connectivity index (χ4n) is 3.09. The van der Waals surface area contributed by atoms with Crippen LogP contribution in [0.15, 0.2) is 57.9 Å². The highest BCUT2D eigenvalue weighted by Crippen LogP contribution is 2.24. The molecule has 1 N–H and O–H groups in total. The van der Waals surface area contributed by atoms with Crippen molar-refractivity contribution in [2.24, 2.45) is 0 Å². The molecular formula is C20H23BrN2O5S. The van der Waals surface area contributed by atoms with Crippen LogP contribution in [0, 0.1) is 0 Å². The smallest absolute Gasteiger partial charge is 0.262 e. The molecule has 0 bridgehead atoms.